The van der Waals surface area contributed by atoms with Gasteiger partial charge in [-0.3, -0.25) is 0 Å². The SMILES string of the molecule is NC(CCC1CCCCC1)C1CCOC2(CCOCC2)C1. The van der Waals surface area contributed by atoms with Gasteiger partial charge in [0.15, 0.2) is 0 Å². The van der Waals surface area contributed by atoms with E-state index < -0.39 is 0 Å². The first-order chi connectivity index (χ1) is 10.3. The largest absolute Gasteiger partial charge is 0.381 e. The van der Waals surface area contributed by atoms with Gasteiger partial charge in [0.2, 0.25) is 0 Å². The van der Waals surface area contributed by atoms with Crippen LogP contribution in [0.15, 0.2) is 0 Å². The first-order valence-corrected chi connectivity index (χ1v) is 9.25. The van der Waals surface area contributed by atoms with E-state index in [2.05, 4.69) is 0 Å². The highest BCUT2D eigenvalue weighted by atomic mass is 16.5. The van der Waals surface area contributed by atoms with Gasteiger partial charge in [0.1, 0.15) is 0 Å². The molecule has 0 bridgehead atoms. The van der Waals surface area contributed by atoms with Crippen molar-refractivity contribution in [1.29, 1.82) is 0 Å². The summed E-state index contributed by atoms with van der Waals surface area (Å²) in [5, 5.41) is 0. The van der Waals surface area contributed by atoms with Gasteiger partial charge in [0.05, 0.1) is 5.60 Å². The third-order valence-corrected chi connectivity index (χ3v) is 6.17. The third kappa shape index (κ3) is 4.20. The van der Waals surface area contributed by atoms with Crippen LogP contribution in [0.25, 0.3) is 0 Å². The molecule has 2 heterocycles. The van der Waals surface area contributed by atoms with E-state index in [-0.39, 0.29) is 5.60 Å². The van der Waals surface area contributed by atoms with Gasteiger partial charge in [-0.15, -0.1) is 0 Å². The maximum absolute atomic E-state index is 6.57. The lowest BCUT2D eigenvalue weighted by Crippen LogP contribution is -2.48. The minimum Gasteiger partial charge on any atom is -0.381 e. The van der Waals surface area contributed by atoms with Crippen LogP contribution in [0.5, 0.6) is 0 Å². The molecule has 2 atom stereocenters. The molecule has 0 radical (unpaired) electrons. The van der Waals surface area contributed by atoms with Gasteiger partial charge in [0, 0.05) is 25.9 Å². The molecule has 1 saturated carbocycles. The van der Waals surface area contributed by atoms with Crippen molar-refractivity contribution in [2.75, 3.05) is 19.8 Å². The maximum Gasteiger partial charge on any atom is 0.0729 e. The van der Waals surface area contributed by atoms with Gasteiger partial charge in [-0.2, -0.15) is 0 Å². The molecule has 122 valence electrons. The number of ether oxygens (including phenoxy) is 2. The van der Waals surface area contributed by atoms with Crippen LogP contribution in [0.4, 0.5) is 0 Å². The Morgan fingerprint density at radius 3 is 2.52 bits per heavy atom. The van der Waals surface area contributed by atoms with Gasteiger partial charge < -0.3 is 15.2 Å². The summed E-state index contributed by atoms with van der Waals surface area (Å²) in [6, 6.07) is 0.385. The molecule has 3 aliphatic rings. The van der Waals surface area contributed by atoms with E-state index in [1.807, 2.05) is 0 Å². The standard InChI is InChI=1S/C18H33NO2/c19-17(7-6-15-4-2-1-3-5-15)16-8-11-21-18(14-16)9-12-20-13-10-18/h15-17H,1-14,19H2. The zero-order valence-corrected chi connectivity index (χ0v) is 13.5. The van der Waals surface area contributed by atoms with Crippen molar-refractivity contribution in [2.24, 2.45) is 17.6 Å². The fourth-order valence-corrected chi connectivity index (χ4v) is 4.66. The number of nitrogens with two attached hydrogens (primary N) is 1. The van der Waals surface area contributed by atoms with E-state index in [0.29, 0.717) is 12.0 Å². The van der Waals surface area contributed by atoms with Gasteiger partial charge in [-0.25, -0.2) is 0 Å². The fourth-order valence-electron chi connectivity index (χ4n) is 4.66. The van der Waals surface area contributed by atoms with Crippen molar-refractivity contribution < 1.29 is 9.47 Å². The van der Waals surface area contributed by atoms with Crippen molar-refractivity contribution in [1.82, 2.24) is 0 Å². The number of hydrogen-bond acceptors (Lipinski definition) is 3. The summed E-state index contributed by atoms with van der Waals surface area (Å²) in [6.07, 6.45) is 14.3. The fraction of sp³-hybridized carbons (Fsp3) is 1.00. The lowest BCUT2D eigenvalue weighted by Gasteiger charge is -2.45. The summed E-state index contributed by atoms with van der Waals surface area (Å²) in [6.45, 7) is 2.63. The second kappa shape index (κ2) is 7.43. The molecule has 3 rings (SSSR count). The second-order valence-electron chi connectivity index (χ2n) is 7.64. The van der Waals surface area contributed by atoms with Gasteiger partial charge in [-0.1, -0.05) is 32.1 Å². The Bertz CT molecular complexity index is 303. The maximum atomic E-state index is 6.57. The van der Waals surface area contributed by atoms with Crippen LogP contribution in [0, 0.1) is 11.8 Å². The molecule has 2 aliphatic heterocycles. The van der Waals surface area contributed by atoms with E-state index >= 15 is 0 Å². The van der Waals surface area contributed by atoms with Crippen LogP contribution in [-0.4, -0.2) is 31.5 Å². The van der Waals surface area contributed by atoms with Crippen LogP contribution in [0.1, 0.15) is 70.6 Å². The zero-order chi connectivity index (χ0) is 14.5. The van der Waals surface area contributed by atoms with Gasteiger partial charge in [0.25, 0.3) is 0 Å². The van der Waals surface area contributed by atoms with E-state index in [9.17, 15) is 0 Å². The molecule has 0 aromatic carbocycles. The molecule has 1 spiro atoms. The highest BCUT2D eigenvalue weighted by Gasteiger charge is 2.40. The summed E-state index contributed by atoms with van der Waals surface area (Å²) >= 11 is 0. The molecule has 2 N–H and O–H groups in total. The van der Waals surface area contributed by atoms with Crippen molar-refractivity contribution in [3.63, 3.8) is 0 Å². The zero-order valence-electron chi connectivity index (χ0n) is 13.5. The summed E-state index contributed by atoms with van der Waals surface area (Å²) < 4.78 is 11.7. The highest BCUT2D eigenvalue weighted by molar-refractivity contribution is 4.92. The summed E-state index contributed by atoms with van der Waals surface area (Å²) in [7, 11) is 0. The van der Waals surface area contributed by atoms with Crippen molar-refractivity contribution in [3.8, 4) is 0 Å². The molecule has 3 nitrogen and oxygen atoms in total. The Kier molecular flexibility index (Phi) is 5.58. The molecular formula is C18H33NO2. The monoisotopic (exact) mass is 295 g/mol. The van der Waals surface area contributed by atoms with Crippen LogP contribution < -0.4 is 5.73 Å². The van der Waals surface area contributed by atoms with E-state index in [4.69, 9.17) is 15.2 Å². The minimum atomic E-state index is 0.101. The van der Waals surface area contributed by atoms with Gasteiger partial charge >= 0.3 is 0 Å². The lowest BCUT2D eigenvalue weighted by molar-refractivity contribution is -0.149. The van der Waals surface area contributed by atoms with E-state index in [1.54, 1.807) is 0 Å². The Balaban J connectivity index is 1.46. The molecule has 3 fully saturated rings. The first-order valence-electron chi connectivity index (χ1n) is 9.25. The Hall–Kier alpha value is -0.120. The Morgan fingerprint density at radius 1 is 1.00 bits per heavy atom. The average Bonchev–Trinajstić information content (AvgIpc) is 2.54. The van der Waals surface area contributed by atoms with Crippen LogP contribution in [0.3, 0.4) is 0 Å². The highest BCUT2D eigenvalue weighted by Crippen LogP contribution is 2.39. The Labute approximate surface area is 129 Å². The molecule has 1 aliphatic carbocycles. The smallest absolute Gasteiger partial charge is 0.0729 e. The summed E-state index contributed by atoms with van der Waals surface area (Å²) in [5.74, 6) is 1.63. The topological polar surface area (TPSA) is 44.5 Å². The molecule has 2 saturated heterocycles. The van der Waals surface area contributed by atoms with Crippen molar-refractivity contribution in [2.45, 2.75) is 82.3 Å². The third-order valence-electron chi connectivity index (χ3n) is 6.17. The van der Waals surface area contributed by atoms with Crippen LogP contribution >= 0.6 is 0 Å². The predicted molar refractivity (Wildman–Crippen MR) is 85.2 cm³/mol. The quantitative estimate of drug-likeness (QED) is 0.861. The lowest BCUT2D eigenvalue weighted by atomic mass is 9.76. The molecule has 0 amide bonds. The molecule has 21 heavy (non-hydrogen) atoms. The predicted octanol–water partition coefficient (Wildman–Crippen LogP) is 3.65. The normalized spacial score (nSPS) is 32.1. The summed E-state index contributed by atoms with van der Waals surface area (Å²) in [5.41, 5.74) is 6.67. The van der Waals surface area contributed by atoms with Crippen LogP contribution in [-0.2, 0) is 9.47 Å². The molecular weight excluding hydrogens is 262 g/mol. The van der Waals surface area contributed by atoms with E-state index in [1.165, 1.54) is 51.4 Å². The Morgan fingerprint density at radius 2 is 1.76 bits per heavy atom. The minimum absolute atomic E-state index is 0.101. The molecule has 2 unspecified atom stereocenters. The van der Waals surface area contributed by atoms with Crippen LogP contribution in [0.2, 0.25) is 0 Å². The number of hydrogen-bond donors (Lipinski definition) is 1. The van der Waals surface area contributed by atoms with E-state index in [0.717, 1.165) is 45.0 Å². The number of rotatable bonds is 4. The second-order valence-corrected chi connectivity index (χ2v) is 7.64. The summed E-state index contributed by atoms with van der Waals surface area (Å²) in [4.78, 5) is 0. The molecule has 0 aromatic rings. The first kappa shape index (κ1) is 15.8. The van der Waals surface area contributed by atoms with Crippen molar-refractivity contribution >= 4 is 0 Å². The van der Waals surface area contributed by atoms with Gasteiger partial charge in [-0.05, 0) is 50.4 Å². The average molecular weight is 295 g/mol. The molecule has 0 aromatic heterocycles. The van der Waals surface area contributed by atoms with Crippen molar-refractivity contribution in [3.05, 3.63) is 0 Å². The molecule has 3 heteroatoms.